The highest BCUT2D eigenvalue weighted by atomic mass is 32.2. The molecule has 1 unspecified atom stereocenters. The van der Waals surface area contributed by atoms with Crippen molar-refractivity contribution in [3.8, 4) is 0 Å². The molecule has 40 heavy (non-hydrogen) atoms. The second-order valence-electron chi connectivity index (χ2n) is 9.72. The molecule has 4 rings (SSSR count). The number of nitrogens with one attached hydrogen (secondary N) is 1. The molecule has 214 valence electrons. The maximum atomic E-state index is 14.0. The zero-order valence-electron chi connectivity index (χ0n) is 21.9. The number of oxime groups is 1. The van der Waals surface area contributed by atoms with Crippen LogP contribution in [-0.4, -0.2) is 92.9 Å². The smallest absolute Gasteiger partial charge is 0.352 e. The number of carboxylic acids is 1. The number of nitrogen functional groups attached to an aromatic ring is 1. The molecule has 2 aliphatic heterocycles. The number of aromatic nitrogens is 2. The average Bonchev–Trinajstić information content (AvgIpc) is 3.51. The van der Waals surface area contributed by atoms with Crippen molar-refractivity contribution in [2.75, 3.05) is 38.7 Å². The zero-order chi connectivity index (χ0) is 29.0. The van der Waals surface area contributed by atoms with Crippen LogP contribution >= 0.6 is 34.4 Å². The summed E-state index contributed by atoms with van der Waals surface area (Å²) in [5, 5.41) is 16.9. The quantitative estimate of drug-likeness (QED) is 0.141. The molecular formula is C24H29FN7O5S3+. The minimum absolute atomic E-state index is 0.0900. The van der Waals surface area contributed by atoms with Gasteiger partial charge in [-0.25, -0.2) is 19.2 Å². The number of alkyl halides is 1. The molecule has 2 aromatic rings. The van der Waals surface area contributed by atoms with Gasteiger partial charge in [-0.05, 0) is 18.6 Å². The van der Waals surface area contributed by atoms with Gasteiger partial charge in [-0.15, -0.1) is 34.4 Å². The molecule has 0 bridgehead atoms. The van der Waals surface area contributed by atoms with Crippen molar-refractivity contribution in [2.45, 2.75) is 31.1 Å². The number of nitrogens with two attached hydrogens (primary N) is 1. The monoisotopic (exact) mass is 610 g/mol. The lowest BCUT2D eigenvalue weighted by Crippen LogP contribution is -2.70. The van der Waals surface area contributed by atoms with E-state index >= 15 is 0 Å². The number of carbonyl (C=O) groups excluding carboxylic acids is 2. The van der Waals surface area contributed by atoms with E-state index in [4.69, 9.17) is 10.6 Å². The van der Waals surface area contributed by atoms with E-state index in [1.807, 2.05) is 18.5 Å². The molecule has 1 fully saturated rings. The molecule has 1 saturated heterocycles. The lowest BCUT2D eigenvalue weighted by molar-refractivity contribution is -0.897. The van der Waals surface area contributed by atoms with Crippen LogP contribution < -0.4 is 11.1 Å². The largest absolute Gasteiger partial charge is 0.477 e. The summed E-state index contributed by atoms with van der Waals surface area (Å²) in [6.07, 6.45) is 2.90. The van der Waals surface area contributed by atoms with E-state index in [1.54, 1.807) is 17.4 Å². The van der Waals surface area contributed by atoms with Crippen molar-refractivity contribution < 1.29 is 33.2 Å². The van der Waals surface area contributed by atoms with E-state index in [0.717, 1.165) is 29.8 Å². The number of carbonyl (C=O) groups is 3. The van der Waals surface area contributed by atoms with Crippen LogP contribution in [-0.2, 0) is 25.8 Å². The third-order valence-corrected chi connectivity index (χ3v) is 9.07. The number of thioether (sulfide) groups is 1. The van der Waals surface area contributed by atoms with E-state index < -0.39 is 42.0 Å². The molecule has 0 aromatic carbocycles. The van der Waals surface area contributed by atoms with Crippen molar-refractivity contribution in [1.82, 2.24) is 20.2 Å². The van der Waals surface area contributed by atoms with Gasteiger partial charge in [-0.2, -0.15) is 0 Å². The SMILES string of the molecule is Cc1ncsc1C[N+](C)(C)C/C=C/C1=C(C(=O)O)N2C(=O)[C@@H](NC(=O)/C=N\OCC(F)c3csc(N)n3)[C@H]2SC1. The number of anilines is 1. The summed E-state index contributed by atoms with van der Waals surface area (Å²) in [6.45, 7) is 2.95. The van der Waals surface area contributed by atoms with Gasteiger partial charge in [0, 0.05) is 11.1 Å². The second kappa shape index (κ2) is 12.4. The fourth-order valence-electron chi connectivity index (χ4n) is 4.10. The Bertz CT molecular complexity index is 1370. The molecule has 0 saturated carbocycles. The Kier molecular flexibility index (Phi) is 9.22. The minimum Gasteiger partial charge on any atom is -0.477 e. The lowest BCUT2D eigenvalue weighted by atomic mass is 10.0. The van der Waals surface area contributed by atoms with Crippen molar-refractivity contribution in [3.05, 3.63) is 50.6 Å². The Morgan fingerprint density at radius 2 is 2.20 bits per heavy atom. The molecule has 2 amide bonds. The molecule has 12 nitrogen and oxygen atoms in total. The van der Waals surface area contributed by atoms with Crippen LogP contribution in [0.2, 0.25) is 0 Å². The molecule has 0 spiro atoms. The Balaban J connectivity index is 1.31. The molecule has 3 atom stereocenters. The topological polar surface area (TPSA) is 160 Å². The summed E-state index contributed by atoms with van der Waals surface area (Å²) >= 11 is 4.06. The van der Waals surface area contributed by atoms with Gasteiger partial charge in [0.1, 0.15) is 29.9 Å². The number of hydrogen-bond acceptors (Lipinski definition) is 11. The number of hydrogen-bond donors (Lipinski definition) is 3. The van der Waals surface area contributed by atoms with Crippen molar-refractivity contribution in [1.29, 1.82) is 0 Å². The van der Waals surface area contributed by atoms with E-state index in [2.05, 4.69) is 34.5 Å². The highest BCUT2D eigenvalue weighted by Gasteiger charge is 2.53. The summed E-state index contributed by atoms with van der Waals surface area (Å²) in [6, 6.07) is -0.922. The first-order chi connectivity index (χ1) is 19.0. The van der Waals surface area contributed by atoms with Crippen LogP contribution in [0.5, 0.6) is 0 Å². The minimum atomic E-state index is -1.56. The maximum absolute atomic E-state index is 14.0. The number of fused-ring (bicyclic) bond motifs is 1. The number of carboxylic acid groups (broad SMARTS) is 1. The third-order valence-electron chi connectivity index (χ3n) is 6.16. The molecule has 0 radical (unpaired) electrons. The number of thiazole rings is 2. The molecule has 2 aliphatic rings. The van der Waals surface area contributed by atoms with Gasteiger partial charge in [0.2, 0.25) is 0 Å². The number of likely N-dealkylation sites (N-methyl/N-ethyl adjacent to an activating group) is 1. The van der Waals surface area contributed by atoms with E-state index in [-0.39, 0.29) is 16.5 Å². The summed E-state index contributed by atoms with van der Waals surface area (Å²) in [5.74, 6) is -2.12. The molecule has 2 aromatic heterocycles. The first-order valence-electron chi connectivity index (χ1n) is 12.1. The Morgan fingerprint density at radius 3 is 2.85 bits per heavy atom. The fourth-order valence-corrected chi connectivity index (χ4v) is 7.00. The average molecular weight is 611 g/mol. The number of rotatable bonds is 12. The van der Waals surface area contributed by atoms with Crippen LogP contribution in [0.15, 0.2) is 39.5 Å². The maximum Gasteiger partial charge on any atom is 0.352 e. The zero-order valence-corrected chi connectivity index (χ0v) is 24.4. The van der Waals surface area contributed by atoms with Gasteiger partial charge in [0.15, 0.2) is 17.9 Å². The number of quaternary nitrogens is 1. The predicted octanol–water partition coefficient (Wildman–Crippen LogP) is 2.07. The van der Waals surface area contributed by atoms with Crippen molar-refractivity contribution >= 4 is 63.6 Å². The second-order valence-corrected chi connectivity index (χ2v) is 12.7. The van der Waals surface area contributed by atoms with Crippen molar-refractivity contribution in [3.63, 3.8) is 0 Å². The molecule has 4 N–H and O–H groups in total. The predicted molar refractivity (Wildman–Crippen MR) is 151 cm³/mol. The normalized spacial score (nSPS) is 20.1. The van der Waals surface area contributed by atoms with Crippen molar-refractivity contribution in [2.24, 2.45) is 5.16 Å². The number of β-lactam (4-membered cyclic amide) rings is 1. The van der Waals surface area contributed by atoms with Crippen LogP contribution in [0.4, 0.5) is 9.52 Å². The van der Waals surface area contributed by atoms with Crippen LogP contribution in [0.3, 0.4) is 0 Å². The van der Waals surface area contributed by atoms with Gasteiger partial charge < -0.3 is 25.5 Å². The van der Waals surface area contributed by atoms with Gasteiger partial charge in [-0.1, -0.05) is 11.2 Å². The molecular weight excluding hydrogens is 582 g/mol. The Hall–Kier alpha value is -3.34. The summed E-state index contributed by atoms with van der Waals surface area (Å²) in [7, 11) is 4.16. The molecule has 16 heteroatoms. The number of aryl methyl sites for hydroxylation is 1. The molecule has 4 heterocycles. The van der Waals surface area contributed by atoms with Gasteiger partial charge in [0.05, 0.1) is 42.4 Å². The van der Waals surface area contributed by atoms with E-state index in [0.29, 0.717) is 22.4 Å². The fraction of sp³-hybridized carbons (Fsp3) is 0.417. The Labute approximate surface area is 242 Å². The highest BCUT2D eigenvalue weighted by Crippen LogP contribution is 2.40. The van der Waals surface area contributed by atoms with Gasteiger partial charge >= 0.3 is 5.97 Å². The number of halogens is 1. The Morgan fingerprint density at radius 1 is 1.43 bits per heavy atom. The van der Waals surface area contributed by atoms with Gasteiger partial charge in [-0.3, -0.25) is 14.5 Å². The first kappa shape index (κ1) is 29.6. The van der Waals surface area contributed by atoms with E-state index in [9.17, 15) is 23.9 Å². The highest BCUT2D eigenvalue weighted by molar-refractivity contribution is 8.00. The standard InChI is InChI=1S/C24H28FN7O5S3/c1-13-17(40-12-27-13)8-32(2,3)6-4-5-14-10-38-22-19(21(34)31(22)20(14)23(35)36)30-18(33)7-28-37-9-15(25)16-11-39-24(26)29-16/h4-5,7,11-12,15,19,22H,6,8-10H2,1-3H3,(H3-,26,29,30,33,35,36)/p+1/b5-4+,28-7-/t15?,19-,22-/m1/s1. The number of allylic oxidation sites excluding steroid dienone is 1. The summed E-state index contributed by atoms with van der Waals surface area (Å²) in [5.41, 5.74) is 8.85. The molecule has 0 aliphatic carbocycles. The number of amides is 2. The van der Waals surface area contributed by atoms with Gasteiger partial charge in [0.25, 0.3) is 11.8 Å². The third kappa shape index (κ3) is 6.86. The number of nitrogens with zero attached hydrogens (tertiary/aromatic N) is 5. The first-order valence-corrected chi connectivity index (χ1v) is 14.9. The number of aliphatic carboxylic acids is 1. The van der Waals surface area contributed by atoms with Crippen LogP contribution in [0, 0.1) is 6.92 Å². The van der Waals surface area contributed by atoms with E-state index in [1.165, 1.54) is 26.9 Å². The summed E-state index contributed by atoms with van der Waals surface area (Å²) < 4.78 is 14.7. The lowest BCUT2D eigenvalue weighted by Gasteiger charge is -2.49. The van der Waals surface area contributed by atoms with Crippen LogP contribution in [0.25, 0.3) is 0 Å². The van der Waals surface area contributed by atoms with Crippen LogP contribution in [0.1, 0.15) is 22.4 Å². The summed E-state index contributed by atoms with van der Waals surface area (Å²) in [4.78, 5) is 52.5.